The Balaban J connectivity index is 1.67. The summed E-state index contributed by atoms with van der Waals surface area (Å²) in [5, 5.41) is 21.4. The zero-order valence-corrected chi connectivity index (χ0v) is 20.7. The summed E-state index contributed by atoms with van der Waals surface area (Å²) in [6.07, 6.45) is -1.01. The van der Waals surface area contributed by atoms with E-state index in [1.165, 1.54) is 6.07 Å². The first-order chi connectivity index (χ1) is 17.1. The van der Waals surface area contributed by atoms with E-state index in [4.69, 9.17) is 25.1 Å². The number of carbonyl (C=O) groups excluding carboxylic acids is 2. The average Bonchev–Trinajstić information content (AvgIpc) is 3.30. The van der Waals surface area contributed by atoms with Crippen molar-refractivity contribution in [1.82, 2.24) is 4.90 Å². The second-order valence-corrected chi connectivity index (χ2v) is 9.39. The number of aliphatic hydroxyl groups excluding tert-OH is 1. The highest BCUT2D eigenvalue weighted by atomic mass is 16.6. The Morgan fingerprint density at radius 3 is 2.53 bits per heavy atom. The van der Waals surface area contributed by atoms with Crippen molar-refractivity contribution in [2.75, 3.05) is 31.6 Å². The molecule has 1 saturated heterocycles. The number of primary amides is 1. The lowest BCUT2D eigenvalue weighted by atomic mass is 10.0. The Bertz CT molecular complexity index is 1110. The van der Waals surface area contributed by atoms with Gasteiger partial charge in [-0.1, -0.05) is 0 Å². The van der Waals surface area contributed by atoms with Gasteiger partial charge in [0.2, 0.25) is 6.10 Å². The van der Waals surface area contributed by atoms with Gasteiger partial charge < -0.3 is 35.3 Å². The number of nitriles is 1. The molecule has 1 fully saturated rings. The highest BCUT2D eigenvalue weighted by Crippen LogP contribution is 2.30. The third-order valence-corrected chi connectivity index (χ3v) is 5.33. The van der Waals surface area contributed by atoms with Crippen LogP contribution >= 0.6 is 0 Å². The molecule has 4 N–H and O–H groups in total. The molecule has 0 spiro atoms. The maximum absolute atomic E-state index is 12.3. The van der Waals surface area contributed by atoms with E-state index in [0.29, 0.717) is 47.8 Å². The van der Waals surface area contributed by atoms with Gasteiger partial charge in [0, 0.05) is 30.8 Å². The number of nitrogens with zero attached hydrogens (tertiary/aromatic N) is 2. The minimum absolute atomic E-state index is 0.112. The first kappa shape index (κ1) is 26.6. The fraction of sp³-hybridized carbons (Fsp3) is 0.423. The second kappa shape index (κ2) is 11.6. The van der Waals surface area contributed by atoms with Crippen LogP contribution in [0.3, 0.4) is 0 Å². The molecule has 0 saturated carbocycles. The molecule has 36 heavy (non-hydrogen) atoms. The number of aliphatic hydroxyl groups is 1. The van der Waals surface area contributed by atoms with Crippen molar-refractivity contribution in [2.45, 2.75) is 45.0 Å². The lowest BCUT2D eigenvalue weighted by molar-refractivity contribution is -0.124. The molecular formula is C26H32N4O6. The number of hydrogen-bond acceptors (Lipinski definition) is 8. The lowest BCUT2D eigenvalue weighted by Gasteiger charge is -2.24. The van der Waals surface area contributed by atoms with Crippen LogP contribution in [0.1, 0.15) is 44.4 Å². The van der Waals surface area contributed by atoms with E-state index in [-0.39, 0.29) is 25.3 Å². The molecule has 10 nitrogen and oxygen atoms in total. The molecule has 2 aromatic carbocycles. The van der Waals surface area contributed by atoms with Crippen LogP contribution in [0.5, 0.6) is 11.5 Å². The highest BCUT2D eigenvalue weighted by molar-refractivity contribution is 5.83. The van der Waals surface area contributed by atoms with Crippen LogP contribution in [0.2, 0.25) is 0 Å². The van der Waals surface area contributed by atoms with Gasteiger partial charge in [0.05, 0.1) is 24.8 Å². The van der Waals surface area contributed by atoms with Crippen LogP contribution in [0, 0.1) is 11.3 Å². The van der Waals surface area contributed by atoms with Crippen molar-refractivity contribution >= 4 is 17.7 Å². The van der Waals surface area contributed by atoms with E-state index in [1.54, 1.807) is 41.3 Å². The molecule has 192 valence electrons. The number of anilines is 1. The third-order valence-electron chi connectivity index (χ3n) is 5.33. The topological polar surface area (TPSA) is 147 Å². The van der Waals surface area contributed by atoms with Gasteiger partial charge in [-0.25, -0.2) is 4.79 Å². The summed E-state index contributed by atoms with van der Waals surface area (Å²) in [7, 11) is 0. The maximum Gasteiger partial charge on any atom is 0.410 e. The van der Waals surface area contributed by atoms with Gasteiger partial charge >= 0.3 is 6.09 Å². The molecule has 1 aliphatic heterocycles. The minimum atomic E-state index is -1.16. The highest BCUT2D eigenvalue weighted by Gasteiger charge is 2.31. The summed E-state index contributed by atoms with van der Waals surface area (Å²) in [5.41, 5.74) is 6.34. The Hall–Kier alpha value is -3.97. The molecule has 3 rings (SSSR count). The standard InChI is InChI=1S/C26H32N4O6/c1-26(2,3)36-25(33)30-12-10-20(16-30)34-18-5-7-19(8-6-18)35-23(24(28)32)21-14-17(15-27)4-9-22(21)29-11-13-31/h4-9,14,20,23,29,31H,10-13,16H2,1-3H3,(H2,28,32). The summed E-state index contributed by atoms with van der Waals surface area (Å²) in [4.78, 5) is 26.2. The molecule has 1 heterocycles. The molecule has 2 unspecified atom stereocenters. The predicted octanol–water partition coefficient (Wildman–Crippen LogP) is 2.96. The van der Waals surface area contributed by atoms with Crippen molar-refractivity contribution in [3.05, 3.63) is 53.6 Å². The van der Waals surface area contributed by atoms with Gasteiger partial charge in [-0.05, 0) is 63.2 Å². The largest absolute Gasteiger partial charge is 0.489 e. The Morgan fingerprint density at radius 1 is 1.22 bits per heavy atom. The number of carbonyl (C=O) groups is 2. The van der Waals surface area contributed by atoms with Crippen LogP contribution in [0.4, 0.5) is 10.5 Å². The number of hydrogen-bond donors (Lipinski definition) is 3. The summed E-state index contributed by atoms with van der Waals surface area (Å²) in [6.45, 7) is 6.60. The Kier molecular flexibility index (Phi) is 8.61. The molecule has 0 aromatic heterocycles. The number of benzene rings is 2. The average molecular weight is 497 g/mol. The van der Waals surface area contributed by atoms with E-state index in [0.717, 1.165) is 0 Å². The monoisotopic (exact) mass is 496 g/mol. The quantitative estimate of drug-likeness (QED) is 0.480. The smallest absolute Gasteiger partial charge is 0.410 e. The SMILES string of the molecule is CC(C)(C)OC(=O)N1CCC(Oc2ccc(OC(C(N)=O)c3cc(C#N)ccc3NCCO)cc2)C1. The summed E-state index contributed by atoms with van der Waals surface area (Å²) >= 11 is 0. The fourth-order valence-electron chi connectivity index (χ4n) is 3.72. The summed E-state index contributed by atoms with van der Waals surface area (Å²) < 4.78 is 17.3. The van der Waals surface area contributed by atoms with Crippen LogP contribution in [0.15, 0.2) is 42.5 Å². The zero-order chi connectivity index (χ0) is 26.3. The van der Waals surface area contributed by atoms with E-state index in [2.05, 4.69) is 5.32 Å². The van der Waals surface area contributed by atoms with Gasteiger partial charge in [0.1, 0.15) is 23.2 Å². The van der Waals surface area contributed by atoms with Crippen LogP contribution in [0.25, 0.3) is 0 Å². The summed E-state index contributed by atoms with van der Waals surface area (Å²) in [6, 6.07) is 13.5. The number of ether oxygens (including phenoxy) is 3. The molecule has 1 aliphatic rings. The fourth-order valence-corrected chi connectivity index (χ4v) is 3.72. The number of likely N-dealkylation sites (tertiary alicyclic amines) is 1. The predicted molar refractivity (Wildman–Crippen MR) is 133 cm³/mol. The second-order valence-electron chi connectivity index (χ2n) is 9.39. The first-order valence-corrected chi connectivity index (χ1v) is 11.7. The van der Waals surface area contributed by atoms with Crippen molar-refractivity contribution in [3.63, 3.8) is 0 Å². The minimum Gasteiger partial charge on any atom is -0.489 e. The van der Waals surface area contributed by atoms with Crippen molar-refractivity contribution in [1.29, 1.82) is 5.26 Å². The molecule has 0 bridgehead atoms. The molecule has 0 aliphatic carbocycles. The third kappa shape index (κ3) is 7.26. The van der Waals surface area contributed by atoms with E-state index >= 15 is 0 Å². The van der Waals surface area contributed by atoms with E-state index in [1.807, 2.05) is 26.8 Å². The summed E-state index contributed by atoms with van der Waals surface area (Å²) in [5.74, 6) is 0.236. The lowest BCUT2D eigenvalue weighted by Crippen LogP contribution is -2.36. The van der Waals surface area contributed by atoms with E-state index < -0.39 is 17.6 Å². The number of nitrogens with one attached hydrogen (secondary N) is 1. The van der Waals surface area contributed by atoms with Gasteiger partial charge in [-0.3, -0.25) is 4.79 Å². The van der Waals surface area contributed by atoms with Crippen LogP contribution in [-0.2, 0) is 9.53 Å². The molecular weight excluding hydrogens is 464 g/mol. The van der Waals surface area contributed by atoms with E-state index in [9.17, 15) is 14.9 Å². The van der Waals surface area contributed by atoms with Crippen LogP contribution in [-0.4, -0.2) is 60.0 Å². The number of amides is 2. The van der Waals surface area contributed by atoms with Crippen molar-refractivity contribution < 1.29 is 28.9 Å². The van der Waals surface area contributed by atoms with Gasteiger partial charge in [-0.15, -0.1) is 0 Å². The zero-order valence-electron chi connectivity index (χ0n) is 20.7. The van der Waals surface area contributed by atoms with Crippen LogP contribution < -0.4 is 20.5 Å². The van der Waals surface area contributed by atoms with Gasteiger partial charge in [0.25, 0.3) is 5.91 Å². The molecule has 2 amide bonds. The Labute approximate surface area is 210 Å². The number of nitrogens with two attached hydrogens (primary N) is 1. The molecule has 0 radical (unpaired) electrons. The van der Waals surface area contributed by atoms with Crippen molar-refractivity contribution in [3.8, 4) is 17.6 Å². The normalized spacial score (nSPS) is 16.1. The van der Waals surface area contributed by atoms with Gasteiger partial charge in [-0.2, -0.15) is 5.26 Å². The molecule has 10 heteroatoms. The molecule has 2 aromatic rings. The van der Waals surface area contributed by atoms with Crippen molar-refractivity contribution in [2.24, 2.45) is 5.73 Å². The Morgan fingerprint density at radius 2 is 1.92 bits per heavy atom. The number of rotatable bonds is 9. The maximum atomic E-state index is 12.3. The first-order valence-electron chi connectivity index (χ1n) is 11.7. The van der Waals surface area contributed by atoms with Gasteiger partial charge in [0.15, 0.2) is 0 Å². The molecule has 2 atom stereocenters.